The quantitative estimate of drug-likeness (QED) is 0.237. The van der Waals surface area contributed by atoms with Gasteiger partial charge in [-0.3, -0.25) is 13.9 Å². The monoisotopic (exact) mass is 613 g/mol. The Morgan fingerprint density at radius 1 is 0.905 bits per heavy atom. The summed E-state index contributed by atoms with van der Waals surface area (Å²) >= 11 is 6.02. The lowest BCUT2D eigenvalue weighted by atomic mass is 10.1. The van der Waals surface area contributed by atoms with Crippen LogP contribution in [0.5, 0.6) is 5.75 Å². The van der Waals surface area contributed by atoms with E-state index in [-0.39, 0.29) is 23.4 Å². The Balaban J connectivity index is 2.01. The van der Waals surface area contributed by atoms with Crippen molar-refractivity contribution < 1.29 is 22.7 Å². The molecule has 3 aromatic carbocycles. The molecule has 3 rings (SSSR count). The molecule has 0 bridgehead atoms. The van der Waals surface area contributed by atoms with Gasteiger partial charge in [0.15, 0.2) is 0 Å². The van der Waals surface area contributed by atoms with Crippen molar-refractivity contribution >= 4 is 39.1 Å². The Morgan fingerprint density at radius 2 is 1.55 bits per heavy atom. The third-order valence-corrected chi connectivity index (χ3v) is 9.03. The summed E-state index contributed by atoms with van der Waals surface area (Å²) in [7, 11) is -4.18. The smallest absolute Gasteiger partial charge is 0.264 e. The van der Waals surface area contributed by atoms with E-state index in [1.807, 2.05) is 58.0 Å². The van der Waals surface area contributed by atoms with E-state index >= 15 is 0 Å². The van der Waals surface area contributed by atoms with E-state index in [0.29, 0.717) is 35.9 Å². The Bertz CT molecular complexity index is 1400. The van der Waals surface area contributed by atoms with Gasteiger partial charge in [0, 0.05) is 17.6 Å². The molecule has 0 saturated carbocycles. The number of carbonyl (C=O) groups excluding carboxylic acids is 2. The lowest BCUT2D eigenvalue weighted by Gasteiger charge is -2.33. The Labute approximate surface area is 254 Å². The minimum absolute atomic E-state index is 0.00836. The number of hydrogen-bond acceptors (Lipinski definition) is 5. The van der Waals surface area contributed by atoms with E-state index in [0.717, 1.165) is 16.3 Å². The van der Waals surface area contributed by atoms with Crippen molar-refractivity contribution in [3.63, 3.8) is 0 Å². The van der Waals surface area contributed by atoms with Crippen molar-refractivity contribution in [3.05, 3.63) is 89.4 Å². The van der Waals surface area contributed by atoms with Gasteiger partial charge in [-0.15, -0.1) is 0 Å². The summed E-state index contributed by atoms with van der Waals surface area (Å²) < 4.78 is 34.5. The Kier molecular flexibility index (Phi) is 12.2. The number of ether oxygens (including phenoxy) is 1. The molecule has 0 saturated heterocycles. The van der Waals surface area contributed by atoms with E-state index in [9.17, 15) is 18.0 Å². The highest BCUT2D eigenvalue weighted by atomic mass is 35.5. The maximum Gasteiger partial charge on any atom is 0.264 e. The van der Waals surface area contributed by atoms with Crippen LogP contribution in [0.1, 0.15) is 46.1 Å². The second-order valence-corrected chi connectivity index (χ2v) is 12.3. The van der Waals surface area contributed by atoms with Crippen molar-refractivity contribution in [2.45, 2.75) is 63.9 Å². The van der Waals surface area contributed by atoms with Crippen LogP contribution in [-0.2, 0) is 26.0 Å². The van der Waals surface area contributed by atoms with Crippen molar-refractivity contribution in [3.8, 4) is 5.75 Å². The number of anilines is 1. The van der Waals surface area contributed by atoms with Crippen molar-refractivity contribution in [1.82, 2.24) is 10.2 Å². The van der Waals surface area contributed by atoms with Crippen molar-refractivity contribution in [2.24, 2.45) is 0 Å². The van der Waals surface area contributed by atoms with E-state index in [1.165, 1.54) is 29.2 Å². The van der Waals surface area contributed by atoms with Gasteiger partial charge < -0.3 is 15.0 Å². The van der Waals surface area contributed by atoms with Gasteiger partial charge in [0.05, 0.1) is 17.2 Å². The van der Waals surface area contributed by atoms with E-state index in [4.69, 9.17) is 16.3 Å². The van der Waals surface area contributed by atoms with Gasteiger partial charge in [0.2, 0.25) is 11.8 Å². The summed E-state index contributed by atoms with van der Waals surface area (Å²) in [6, 6.07) is 21.2. The average Bonchev–Trinajstić information content (AvgIpc) is 2.99. The highest BCUT2D eigenvalue weighted by Gasteiger charge is 2.33. The fourth-order valence-corrected chi connectivity index (χ4v) is 6.01. The molecule has 2 atom stereocenters. The molecule has 0 aliphatic rings. The van der Waals surface area contributed by atoms with Crippen LogP contribution in [0, 0.1) is 0 Å². The van der Waals surface area contributed by atoms with Crippen LogP contribution in [0.3, 0.4) is 0 Å². The van der Waals surface area contributed by atoms with Crippen LogP contribution >= 0.6 is 11.6 Å². The second kappa shape index (κ2) is 15.6. The van der Waals surface area contributed by atoms with Crippen molar-refractivity contribution in [2.75, 3.05) is 24.0 Å². The van der Waals surface area contributed by atoms with Crippen LogP contribution in [0.25, 0.3) is 0 Å². The Morgan fingerprint density at radius 3 is 2.12 bits per heavy atom. The SMILES string of the molecule is CCOc1ccc(N(CC(=O)N(CCc2ccccc2)[C@@H](CC)C(=O)N[C@H](C)CC)S(=O)(=O)c2ccc(Cl)cc2)cc1. The molecule has 8 nitrogen and oxygen atoms in total. The first-order valence-electron chi connectivity index (χ1n) is 14.3. The first-order valence-corrected chi connectivity index (χ1v) is 16.1. The van der Waals surface area contributed by atoms with Gasteiger partial charge in [-0.1, -0.05) is 55.8 Å². The third-order valence-electron chi connectivity index (χ3n) is 6.99. The number of hydrogen-bond donors (Lipinski definition) is 1. The molecular formula is C32H40ClN3O5S. The number of nitrogens with zero attached hydrogens (tertiary/aromatic N) is 2. The molecular weight excluding hydrogens is 574 g/mol. The van der Waals surface area contributed by atoms with Crippen LogP contribution in [0.2, 0.25) is 5.02 Å². The van der Waals surface area contributed by atoms with E-state index < -0.39 is 28.5 Å². The summed E-state index contributed by atoms with van der Waals surface area (Å²) in [6.07, 6.45) is 1.62. The molecule has 0 aromatic heterocycles. The number of rotatable bonds is 15. The van der Waals surface area contributed by atoms with E-state index in [2.05, 4.69) is 5.32 Å². The van der Waals surface area contributed by atoms with Gasteiger partial charge in [0.25, 0.3) is 10.0 Å². The molecule has 0 aliphatic heterocycles. The van der Waals surface area contributed by atoms with Gasteiger partial charge >= 0.3 is 0 Å². The number of amides is 2. The zero-order chi connectivity index (χ0) is 30.7. The molecule has 0 spiro atoms. The molecule has 42 heavy (non-hydrogen) atoms. The number of sulfonamides is 1. The predicted molar refractivity (Wildman–Crippen MR) is 167 cm³/mol. The highest BCUT2D eigenvalue weighted by Crippen LogP contribution is 2.27. The number of nitrogens with one attached hydrogen (secondary N) is 1. The van der Waals surface area contributed by atoms with E-state index in [1.54, 1.807) is 24.3 Å². The maximum atomic E-state index is 14.1. The molecule has 0 aliphatic carbocycles. The van der Waals surface area contributed by atoms with Gasteiger partial charge in [0.1, 0.15) is 18.3 Å². The lowest BCUT2D eigenvalue weighted by molar-refractivity contribution is -0.139. The minimum atomic E-state index is -4.18. The second-order valence-electron chi connectivity index (χ2n) is 9.96. The summed E-state index contributed by atoms with van der Waals surface area (Å²) in [6.45, 7) is 7.79. The molecule has 3 aromatic rings. The zero-order valence-corrected chi connectivity index (χ0v) is 26.2. The predicted octanol–water partition coefficient (Wildman–Crippen LogP) is 5.70. The number of carbonyl (C=O) groups is 2. The van der Waals surface area contributed by atoms with Crippen LogP contribution < -0.4 is 14.4 Å². The van der Waals surface area contributed by atoms with Crippen LogP contribution in [-0.4, -0.2) is 56.9 Å². The van der Waals surface area contributed by atoms with Crippen LogP contribution in [0.15, 0.2) is 83.8 Å². The standard InChI is InChI=1S/C32H40ClN3O5S/c1-5-24(4)34-32(38)30(6-2)35(22-21-25-11-9-8-10-12-25)31(37)23-36(27-15-17-28(18-16-27)41-7-3)42(39,40)29-19-13-26(33)14-20-29/h8-20,24,30H,5-7,21-23H2,1-4H3,(H,34,38)/t24-,30+/m1/s1. The fourth-order valence-electron chi connectivity index (χ4n) is 4.47. The molecule has 0 unspecified atom stereocenters. The zero-order valence-electron chi connectivity index (χ0n) is 24.6. The average molecular weight is 614 g/mol. The first-order chi connectivity index (χ1) is 20.1. The summed E-state index contributed by atoms with van der Waals surface area (Å²) in [5.41, 5.74) is 1.30. The number of halogens is 1. The van der Waals surface area contributed by atoms with Gasteiger partial charge in [-0.2, -0.15) is 0 Å². The maximum absolute atomic E-state index is 14.1. The van der Waals surface area contributed by atoms with Gasteiger partial charge in [-0.05, 0) is 87.2 Å². The first kappa shape index (κ1) is 32.9. The minimum Gasteiger partial charge on any atom is -0.494 e. The Hall–Kier alpha value is -3.56. The molecule has 10 heteroatoms. The van der Waals surface area contributed by atoms with Crippen molar-refractivity contribution in [1.29, 1.82) is 0 Å². The molecule has 0 fully saturated rings. The fraction of sp³-hybridized carbons (Fsp3) is 0.375. The van der Waals surface area contributed by atoms with Gasteiger partial charge in [-0.25, -0.2) is 8.42 Å². The number of benzene rings is 3. The molecule has 2 amide bonds. The molecule has 0 heterocycles. The largest absolute Gasteiger partial charge is 0.494 e. The molecule has 226 valence electrons. The topological polar surface area (TPSA) is 96.0 Å². The normalized spacial score (nSPS) is 12.7. The highest BCUT2D eigenvalue weighted by molar-refractivity contribution is 7.92. The van der Waals surface area contributed by atoms with Crippen LogP contribution in [0.4, 0.5) is 5.69 Å². The summed E-state index contributed by atoms with van der Waals surface area (Å²) in [5, 5.41) is 3.38. The molecule has 0 radical (unpaired) electrons. The summed E-state index contributed by atoms with van der Waals surface area (Å²) in [5.74, 6) is -0.168. The third kappa shape index (κ3) is 8.72. The lowest BCUT2D eigenvalue weighted by Crippen LogP contribution is -2.54. The summed E-state index contributed by atoms with van der Waals surface area (Å²) in [4.78, 5) is 28.9. The molecule has 1 N–H and O–H groups in total.